The Morgan fingerprint density at radius 3 is 2.68 bits per heavy atom. The number of hydrogen-bond acceptors (Lipinski definition) is 3. The maximum atomic E-state index is 11.9. The van der Waals surface area contributed by atoms with E-state index >= 15 is 0 Å². The lowest BCUT2D eigenvalue weighted by atomic mass is 10.1. The van der Waals surface area contributed by atoms with Crippen molar-refractivity contribution < 1.29 is 4.79 Å². The van der Waals surface area contributed by atoms with Gasteiger partial charge in [-0.1, -0.05) is 30.3 Å². The fourth-order valence-corrected chi connectivity index (χ4v) is 2.70. The van der Waals surface area contributed by atoms with Gasteiger partial charge in [-0.25, -0.2) is 0 Å². The van der Waals surface area contributed by atoms with E-state index in [4.69, 9.17) is 5.73 Å². The van der Waals surface area contributed by atoms with Gasteiger partial charge in [-0.15, -0.1) is 0 Å². The highest BCUT2D eigenvalue weighted by atomic mass is 32.1. The van der Waals surface area contributed by atoms with Gasteiger partial charge in [0.2, 0.25) is 5.91 Å². The molecule has 1 heterocycles. The molecular weight excluding hydrogens is 256 g/mol. The molecule has 1 atom stereocenters. The van der Waals surface area contributed by atoms with Crippen LogP contribution in [0.5, 0.6) is 0 Å². The first-order valence-corrected chi connectivity index (χ1v) is 7.20. The zero-order valence-electron chi connectivity index (χ0n) is 10.9. The van der Waals surface area contributed by atoms with Gasteiger partial charge in [0.05, 0.1) is 6.04 Å². The lowest BCUT2D eigenvalue weighted by Gasteiger charge is -2.12. The molecule has 0 bridgehead atoms. The molecule has 2 aromatic rings. The van der Waals surface area contributed by atoms with E-state index in [0.29, 0.717) is 13.0 Å². The number of aryl methyl sites for hydroxylation is 1. The summed E-state index contributed by atoms with van der Waals surface area (Å²) in [7, 11) is 0. The van der Waals surface area contributed by atoms with Gasteiger partial charge in [0.1, 0.15) is 0 Å². The highest BCUT2D eigenvalue weighted by Crippen LogP contribution is 2.13. The fourth-order valence-electron chi connectivity index (χ4n) is 1.84. The number of carbonyl (C=O) groups is 1. The monoisotopic (exact) mass is 274 g/mol. The molecule has 0 spiro atoms. The molecule has 3 N–H and O–H groups in total. The number of nitrogens with two attached hydrogens (primary N) is 1. The van der Waals surface area contributed by atoms with Crippen LogP contribution in [0.4, 0.5) is 0 Å². The molecule has 1 amide bonds. The predicted octanol–water partition coefficient (Wildman–Crippen LogP) is 2.24. The molecule has 4 heteroatoms. The highest BCUT2D eigenvalue weighted by molar-refractivity contribution is 7.08. The van der Waals surface area contributed by atoms with Gasteiger partial charge in [0, 0.05) is 6.54 Å². The summed E-state index contributed by atoms with van der Waals surface area (Å²) in [6.45, 7) is 2.60. The molecule has 0 aliphatic rings. The maximum absolute atomic E-state index is 11.9. The third kappa shape index (κ3) is 3.91. The van der Waals surface area contributed by atoms with Crippen LogP contribution in [-0.4, -0.2) is 11.9 Å². The van der Waals surface area contributed by atoms with Crippen LogP contribution < -0.4 is 11.1 Å². The van der Waals surface area contributed by atoms with E-state index in [9.17, 15) is 4.79 Å². The molecule has 0 saturated carbocycles. The summed E-state index contributed by atoms with van der Waals surface area (Å²) in [4.78, 5) is 11.9. The molecule has 1 aromatic carbocycles. The Hall–Kier alpha value is -1.65. The van der Waals surface area contributed by atoms with Gasteiger partial charge >= 0.3 is 0 Å². The minimum atomic E-state index is -0.499. The average molecular weight is 274 g/mol. The Balaban J connectivity index is 1.84. The lowest BCUT2D eigenvalue weighted by Crippen LogP contribution is -2.41. The van der Waals surface area contributed by atoms with E-state index in [1.807, 2.05) is 37.3 Å². The average Bonchev–Trinajstić information content (AvgIpc) is 2.82. The first kappa shape index (κ1) is 13.8. The highest BCUT2D eigenvalue weighted by Gasteiger charge is 2.13. The van der Waals surface area contributed by atoms with Gasteiger partial charge in [-0.3, -0.25) is 4.79 Å². The lowest BCUT2D eigenvalue weighted by molar-refractivity contribution is -0.122. The Morgan fingerprint density at radius 1 is 1.32 bits per heavy atom. The summed E-state index contributed by atoms with van der Waals surface area (Å²) >= 11 is 1.65. The summed E-state index contributed by atoms with van der Waals surface area (Å²) < 4.78 is 0. The van der Waals surface area contributed by atoms with E-state index in [1.54, 1.807) is 11.3 Å². The minimum Gasteiger partial charge on any atom is -0.351 e. The van der Waals surface area contributed by atoms with Gasteiger partial charge < -0.3 is 11.1 Å². The molecule has 1 aromatic heterocycles. The smallest absolute Gasteiger partial charge is 0.237 e. The summed E-state index contributed by atoms with van der Waals surface area (Å²) in [5.41, 5.74) is 9.37. The normalized spacial score (nSPS) is 12.1. The molecule has 0 aliphatic carbocycles. The summed E-state index contributed by atoms with van der Waals surface area (Å²) in [5.74, 6) is -0.102. The Labute approximate surface area is 117 Å². The number of benzene rings is 1. The van der Waals surface area contributed by atoms with Crippen molar-refractivity contribution in [1.82, 2.24) is 5.32 Å². The number of thiophene rings is 1. The SMILES string of the molecule is Cc1cscc1CNC(=O)[C@H](N)Cc1ccccc1. The molecule has 3 nitrogen and oxygen atoms in total. The number of amides is 1. The summed E-state index contributed by atoms with van der Waals surface area (Å²) in [6, 6.07) is 9.32. The Kier molecular flexibility index (Phi) is 4.71. The molecule has 0 saturated heterocycles. The number of nitrogens with one attached hydrogen (secondary N) is 1. The minimum absolute atomic E-state index is 0.102. The van der Waals surface area contributed by atoms with E-state index in [-0.39, 0.29) is 5.91 Å². The van der Waals surface area contributed by atoms with Crippen LogP contribution in [0.3, 0.4) is 0 Å². The molecule has 0 fully saturated rings. The zero-order chi connectivity index (χ0) is 13.7. The topological polar surface area (TPSA) is 55.1 Å². The van der Waals surface area contributed by atoms with E-state index in [0.717, 1.165) is 11.1 Å². The maximum Gasteiger partial charge on any atom is 0.237 e. The van der Waals surface area contributed by atoms with Crippen LogP contribution in [0.2, 0.25) is 0 Å². The molecule has 2 rings (SSSR count). The van der Waals surface area contributed by atoms with Gasteiger partial charge in [-0.05, 0) is 40.8 Å². The van der Waals surface area contributed by atoms with Crippen molar-refractivity contribution in [1.29, 1.82) is 0 Å². The van der Waals surface area contributed by atoms with E-state index in [2.05, 4.69) is 16.1 Å². The van der Waals surface area contributed by atoms with E-state index < -0.39 is 6.04 Å². The van der Waals surface area contributed by atoms with Crippen molar-refractivity contribution in [3.05, 3.63) is 57.8 Å². The largest absolute Gasteiger partial charge is 0.351 e. The van der Waals surface area contributed by atoms with Crippen LogP contribution in [0.25, 0.3) is 0 Å². The molecule has 100 valence electrons. The molecule has 19 heavy (non-hydrogen) atoms. The molecular formula is C15H18N2OS. The van der Waals surface area contributed by atoms with Crippen molar-refractivity contribution >= 4 is 17.2 Å². The van der Waals surface area contributed by atoms with Gasteiger partial charge in [0.25, 0.3) is 0 Å². The third-order valence-electron chi connectivity index (χ3n) is 3.05. The fraction of sp³-hybridized carbons (Fsp3) is 0.267. The van der Waals surface area contributed by atoms with E-state index in [1.165, 1.54) is 5.56 Å². The van der Waals surface area contributed by atoms with Crippen LogP contribution in [0, 0.1) is 6.92 Å². The second-order valence-corrected chi connectivity index (χ2v) is 5.34. The number of rotatable bonds is 5. The standard InChI is InChI=1S/C15H18N2OS/c1-11-9-19-10-13(11)8-17-15(18)14(16)7-12-5-3-2-4-6-12/h2-6,9-10,14H,7-8,16H2,1H3,(H,17,18)/t14-/m1/s1. The summed E-state index contributed by atoms with van der Waals surface area (Å²) in [5, 5.41) is 7.02. The molecule has 0 radical (unpaired) electrons. The van der Waals surface area contributed by atoms with Crippen LogP contribution in [0.1, 0.15) is 16.7 Å². The Morgan fingerprint density at radius 2 is 2.05 bits per heavy atom. The Bertz CT molecular complexity index is 536. The van der Waals surface area contributed by atoms with Crippen molar-refractivity contribution in [2.75, 3.05) is 0 Å². The van der Waals surface area contributed by atoms with Crippen molar-refractivity contribution in [3.63, 3.8) is 0 Å². The molecule has 0 unspecified atom stereocenters. The zero-order valence-corrected chi connectivity index (χ0v) is 11.7. The third-order valence-corrected chi connectivity index (χ3v) is 3.96. The number of hydrogen-bond donors (Lipinski definition) is 2. The van der Waals surface area contributed by atoms with Crippen molar-refractivity contribution in [3.8, 4) is 0 Å². The first-order valence-electron chi connectivity index (χ1n) is 6.25. The van der Waals surface area contributed by atoms with Gasteiger partial charge in [-0.2, -0.15) is 11.3 Å². The van der Waals surface area contributed by atoms with Crippen LogP contribution >= 0.6 is 11.3 Å². The van der Waals surface area contributed by atoms with Crippen LogP contribution in [-0.2, 0) is 17.8 Å². The first-order chi connectivity index (χ1) is 9.16. The quantitative estimate of drug-likeness (QED) is 0.878. The summed E-state index contributed by atoms with van der Waals surface area (Å²) in [6.07, 6.45) is 0.565. The van der Waals surface area contributed by atoms with Crippen molar-refractivity contribution in [2.45, 2.75) is 25.9 Å². The number of carbonyl (C=O) groups excluding carboxylic acids is 1. The molecule has 0 aliphatic heterocycles. The predicted molar refractivity (Wildman–Crippen MR) is 79.0 cm³/mol. The second-order valence-electron chi connectivity index (χ2n) is 4.59. The van der Waals surface area contributed by atoms with Crippen molar-refractivity contribution in [2.24, 2.45) is 5.73 Å². The van der Waals surface area contributed by atoms with Crippen LogP contribution in [0.15, 0.2) is 41.1 Å². The second kappa shape index (κ2) is 6.50. The van der Waals surface area contributed by atoms with Gasteiger partial charge in [0.15, 0.2) is 0 Å².